The maximum absolute atomic E-state index is 11.3. The van der Waals surface area contributed by atoms with Gasteiger partial charge in [0.15, 0.2) is 0 Å². The number of rotatable bonds is 2. The van der Waals surface area contributed by atoms with E-state index in [-0.39, 0.29) is 5.78 Å². The second-order valence-corrected chi connectivity index (χ2v) is 3.07. The molecule has 0 saturated heterocycles. The number of aryl methyl sites for hydroxylation is 1. The topological polar surface area (TPSA) is 55.1 Å². The van der Waals surface area contributed by atoms with Crippen molar-refractivity contribution < 1.29 is 9.90 Å². The van der Waals surface area contributed by atoms with Gasteiger partial charge in [0.2, 0.25) is 5.78 Å². The Morgan fingerprint density at radius 2 is 2.21 bits per heavy atom. The highest BCUT2D eigenvalue weighted by Crippen LogP contribution is 2.17. The minimum Gasteiger partial charge on any atom is -0.388 e. The summed E-state index contributed by atoms with van der Waals surface area (Å²) < 4.78 is 1.64. The van der Waals surface area contributed by atoms with Crippen molar-refractivity contribution in [1.29, 1.82) is 0 Å². The van der Waals surface area contributed by atoms with Crippen LogP contribution in [0.3, 0.4) is 0 Å². The molecular weight excluding hydrogens is 180 g/mol. The van der Waals surface area contributed by atoms with Crippen LogP contribution >= 0.6 is 0 Å². The number of hydrogen-bond acceptors (Lipinski definition) is 3. The summed E-state index contributed by atoms with van der Waals surface area (Å²) in [5.41, 5.74) is 1.23. The molecule has 1 aromatic carbocycles. The largest absolute Gasteiger partial charge is 0.388 e. The van der Waals surface area contributed by atoms with E-state index in [1.54, 1.807) is 11.7 Å². The van der Waals surface area contributed by atoms with Gasteiger partial charge in [-0.1, -0.05) is 18.2 Å². The van der Waals surface area contributed by atoms with E-state index in [4.69, 9.17) is 5.11 Å². The first kappa shape index (κ1) is 8.90. The number of benzene rings is 1. The number of para-hydroxylation sites is 1. The first-order valence-corrected chi connectivity index (χ1v) is 4.30. The molecule has 2 rings (SSSR count). The van der Waals surface area contributed by atoms with Crippen LogP contribution in [0.15, 0.2) is 24.3 Å². The van der Waals surface area contributed by atoms with Crippen LogP contribution in [0.5, 0.6) is 0 Å². The van der Waals surface area contributed by atoms with Gasteiger partial charge in [-0.25, -0.2) is 0 Å². The predicted molar refractivity (Wildman–Crippen MR) is 52.1 cm³/mol. The van der Waals surface area contributed by atoms with E-state index in [9.17, 15) is 4.79 Å². The summed E-state index contributed by atoms with van der Waals surface area (Å²) in [5.74, 6) is -0.346. The Balaban J connectivity index is 2.72. The molecule has 0 aliphatic carbocycles. The molecule has 0 aliphatic heterocycles. The van der Waals surface area contributed by atoms with Crippen molar-refractivity contribution >= 4 is 16.7 Å². The number of nitrogens with zero attached hydrogens (tertiary/aromatic N) is 2. The van der Waals surface area contributed by atoms with Crippen molar-refractivity contribution in [2.45, 2.75) is 0 Å². The summed E-state index contributed by atoms with van der Waals surface area (Å²) in [4.78, 5) is 11.3. The van der Waals surface area contributed by atoms with Crippen molar-refractivity contribution in [2.75, 3.05) is 6.61 Å². The highest BCUT2D eigenvalue weighted by atomic mass is 16.3. The number of aliphatic hydroxyl groups is 1. The Kier molecular flexibility index (Phi) is 2.05. The second-order valence-electron chi connectivity index (χ2n) is 3.07. The van der Waals surface area contributed by atoms with Gasteiger partial charge < -0.3 is 5.11 Å². The summed E-state index contributed by atoms with van der Waals surface area (Å²) in [5, 5.41) is 13.6. The molecule has 1 aromatic heterocycles. The van der Waals surface area contributed by atoms with Crippen LogP contribution in [0, 0.1) is 0 Å². The number of ketones is 1. The fourth-order valence-corrected chi connectivity index (χ4v) is 1.49. The lowest BCUT2D eigenvalue weighted by molar-refractivity contribution is 0.0899. The molecule has 0 amide bonds. The third kappa shape index (κ3) is 1.20. The molecular formula is C10H10N2O2. The van der Waals surface area contributed by atoms with Gasteiger partial charge in [-0.3, -0.25) is 9.48 Å². The van der Waals surface area contributed by atoms with E-state index in [1.165, 1.54) is 0 Å². The van der Waals surface area contributed by atoms with Gasteiger partial charge >= 0.3 is 0 Å². The molecule has 72 valence electrons. The van der Waals surface area contributed by atoms with E-state index >= 15 is 0 Å². The van der Waals surface area contributed by atoms with Gasteiger partial charge in [0, 0.05) is 12.4 Å². The van der Waals surface area contributed by atoms with Crippen LogP contribution in [-0.4, -0.2) is 27.3 Å². The Morgan fingerprint density at radius 3 is 2.93 bits per heavy atom. The standard InChI is InChI=1S/C10H10N2O2/c1-12-8-5-3-2-4-7(8)10(11-12)9(14)6-13/h2-5,13H,6H2,1H3. The minimum absolute atomic E-state index is 0.339. The van der Waals surface area contributed by atoms with E-state index in [2.05, 4.69) is 5.10 Å². The molecule has 4 heteroatoms. The third-order valence-electron chi connectivity index (χ3n) is 2.17. The number of Topliss-reactive ketones (excluding diaryl/α,β-unsaturated/α-hetero) is 1. The zero-order chi connectivity index (χ0) is 10.1. The maximum Gasteiger partial charge on any atom is 0.208 e. The molecule has 0 saturated carbocycles. The maximum atomic E-state index is 11.3. The average Bonchev–Trinajstić information content (AvgIpc) is 2.56. The summed E-state index contributed by atoms with van der Waals surface area (Å²) in [6.45, 7) is -0.499. The van der Waals surface area contributed by atoms with E-state index < -0.39 is 6.61 Å². The lowest BCUT2D eigenvalue weighted by atomic mass is 10.1. The van der Waals surface area contributed by atoms with Crippen molar-refractivity contribution in [1.82, 2.24) is 9.78 Å². The fourth-order valence-electron chi connectivity index (χ4n) is 1.49. The summed E-state index contributed by atoms with van der Waals surface area (Å²) in [6.07, 6.45) is 0. The summed E-state index contributed by atoms with van der Waals surface area (Å²) in [7, 11) is 1.77. The Morgan fingerprint density at radius 1 is 1.50 bits per heavy atom. The van der Waals surface area contributed by atoms with E-state index in [1.807, 2.05) is 24.3 Å². The zero-order valence-electron chi connectivity index (χ0n) is 7.77. The molecule has 0 fully saturated rings. The molecule has 0 spiro atoms. The van der Waals surface area contributed by atoms with Crippen LogP contribution in [0.2, 0.25) is 0 Å². The molecule has 0 atom stereocenters. The van der Waals surface area contributed by atoms with Crippen molar-refractivity contribution in [3.8, 4) is 0 Å². The molecule has 0 bridgehead atoms. The molecule has 1 heterocycles. The van der Waals surface area contributed by atoms with E-state index in [0.29, 0.717) is 5.69 Å². The zero-order valence-corrected chi connectivity index (χ0v) is 7.77. The van der Waals surface area contributed by atoms with Crippen molar-refractivity contribution in [3.05, 3.63) is 30.0 Å². The van der Waals surface area contributed by atoms with Crippen LogP contribution in [0.4, 0.5) is 0 Å². The normalized spacial score (nSPS) is 10.7. The Bertz CT molecular complexity index is 488. The first-order chi connectivity index (χ1) is 6.74. The third-order valence-corrected chi connectivity index (χ3v) is 2.17. The van der Waals surface area contributed by atoms with Crippen LogP contribution in [0.25, 0.3) is 10.9 Å². The molecule has 0 unspecified atom stereocenters. The van der Waals surface area contributed by atoms with Gasteiger partial charge in [0.25, 0.3) is 0 Å². The second kappa shape index (κ2) is 3.23. The number of carbonyl (C=O) groups is 1. The van der Waals surface area contributed by atoms with Crippen LogP contribution < -0.4 is 0 Å². The lowest BCUT2D eigenvalue weighted by Gasteiger charge is -1.91. The number of carbonyl (C=O) groups excluding carboxylic acids is 1. The van der Waals surface area contributed by atoms with E-state index in [0.717, 1.165) is 10.9 Å². The molecule has 1 N–H and O–H groups in total. The number of aliphatic hydroxyl groups excluding tert-OH is 1. The minimum atomic E-state index is -0.499. The summed E-state index contributed by atoms with van der Waals surface area (Å²) >= 11 is 0. The molecule has 14 heavy (non-hydrogen) atoms. The highest BCUT2D eigenvalue weighted by molar-refractivity contribution is 6.06. The molecule has 2 aromatic rings. The first-order valence-electron chi connectivity index (χ1n) is 4.30. The smallest absolute Gasteiger partial charge is 0.208 e. The highest BCUT2D eigenvalue weighted by Gasteiger charge is 2.13. The fraction of sp³-hybridized carbons (Fsp3) is 0.200. The van der Waals surface area contributed by atoms with Gasteiger partial charge in [-0.15, -0.1) is 0 Å². The van der Waals surface area contributed by atoms with Gasteiger partial charge in [-0.2, -0.15) is 5.10 Å². The number of fused-ring (bicyclic) bond motifs is 1. The average molecular weight is 190 g/mol. The van der Waals surface area contributed by atoms with Gasteiger partial charge in [0.05, 0.1) is 5.52 Å². The predicted octanol–water partition coefficient (Wildman–Crippen LogP) is 0.748. The Hall–Kier alpha value is -1.68. The summed E-state index contributed by atoms with van der Waals surface area (Å²) in [6, 6.07) is 7.44. The number of aromatic nitrogens is 2. The van der Waals surface area contributed by atoms with Gasteiger partial charge in [-0.05, 0) is 6.07 Å². The number of hydrogen-bond donors (Lipinski definition) is 1. The molecule has 0 aliphatic rings. The van der Waals surface area contributed by atoms with Crippen molar-refractivity contribution in [2.24, 2.45) is 7.05 Å². The molecule has 4 nitrogen and oxygen atoms in total. The lowest BCUT2D eigenvalue weighted by Crippen LogP contribution is -2.06. The van der Waals surface area contributed by atoms with Crippen LogP contribution in [-0.2, 0) is 7.05 Å². The van der Waals surface area contributed by atoms with Gasteiger partial charge in [0.1, 0.15) is 12.3 Å². The van der Waals surface area contributed by atoms with Crippen molar-refractivity contribution in [3.63, 3.8) is 0 Å². The molecule has 0 radical (unpaired) electrons. The quantitative estimate of drug-likeness (QED) is 0.711. The Labute approximate surface area is 80.8 Å². The van der Waals surface area contributed by atoms with Crippen LogP contribution in [0.1, 0.15) is 10.5 Å². The SMILES string of the molecule is Cn1nc(C(=O)CO)c2ccccc21. The monoisotopic (exact) mass is 190 g/mol.